The molecule has 0 spiro atoms. The summed E-state index contributed by atoms with van der Waals surface area (Å²) >= 11 is 0. The van der Waals surface area contributed by atoms with Crippen molar-refractivity contribution in [3.8, 4) is 0 Å². The molecule has 2 nitrogen and oxygen atoms in total. The minimum atomic E-state index is 0.538. The summed E-state index contributed by atoms with van der Waals surface area (Å²) in [6, 6.07) is 2.18. The molecule has 2 aliphatic rings. The van der Waals surface area contributed by atoms with E-state index in [1.807, 2.05) is 0 Å². The van der Waals surface area contributed by atoms with Crippen molar-refractivity contribution in [3.05, 3.63) is 0 Å². The monoisotopic (exact) mass is 238 g/mol. The summed E-state index contributed by atoms with van der Waals surface area (Å²) < 4.78 is 0. The maximum Gasteiger partial charge on any atom is 0.0196 e. The van der Waals surface area contributed by atoms with E-state index in [1.54, 1.807) is 0 Å². The highest BCUT2D eigenvalue weighted by Gasteiger charge is 2.37. The molecule has 2 fully saturated rings. The Balaban J connectivity index is 2.04. The SMILES string of the molecule is CC1CC(N2CC(C)NCC2C)CC(C)(C)C1. The molecule has 2 heteroatoms. The summed E-state index contributed by atoms with van der Waals surface area (Å²) in [6.07, 6.45) is 4.19. The molecule has 0 radical (unpaired) electrons. The fraction of sp³-hybridized carbons (Fsp3) is 1.00. The maximum atomic E-state index is 3.59. The van der Waals surface area contributed by atoms with Crippen LogP contribution in [-0.4, -0.2) is 36.1 Å². The van der Waals surface area contributed by atoms with Crippen LogP contribution >= 0.6 is 0 Å². The van der Waals surface area contributed by atoms with Crippen LogP contribution in [0.3, 0.4) is 0 Å². The zero-order valence-corrected chi connectivity index (χ0v) is 12.3. The van der Waals surface area contributed by atoms with Gasteiger partial charge in [0.05, 0.1) is 0 Å². The van der Waals surface area contributed by atoms with E-state index in [0.29, 0.717) is 17.5 Å². The van der Waals surface area contributed by atoms with Gasteiger partial charge in [0.2, 0.25) is 0 Å². The molecule has 1 N–H and O–H groups in total. The summed E-state index contributed by atoms with van der Waals surface area (Å²) in [4.78, 5) is 2.78. The van der Waals surface area contributed by atoms with Gasteiger partial charge in [-0.25, -0.2) is 0 Å². The van der Waals surface area contributed by atoms with Crippen molar-refractivity contribution in [1.82, 2.24) is 10.2 Å². The summed E-state index contributed by atoms with van der Waals surface area (Å²) in [5, 5.41) is 3.59. The van der Waals surface area contributed by atoms with Crippen LogP contribution in [0.1, 0.15) is 53.9 Å². The van der Waals surface area contributed by atoms with Crippen LogP contribution in [0.4, 0.5) is 0 Å². The van der Waals surface area contributed by atoms with Crippen LogP contribution in [0, 0.1) is 11.3 Å². The average Bonchev–Trinajstić information content (AvgIpc) is 2.18. The first-order valence-electron chi connectivity index (χ1n) is 7.36. The van der Waals surface area contributed by atoms with E-state index in [9.17, 15) is 0 Å². The fourth-order valence-electron chi connectivity index (χ4n) is 4.11. The van der Waals surface area contributed by atoms with Gasteiger partial charge < -0.3 is 5.32 Å². The van der Waals surface area contributed by atoms with E-state index in [4.69, 9.17) is 0 Å². The van der Waals surface area contributed by atoms with E-state index in [2.05, 4.69) is 44.8 Å². The zero-order chi connectivity index (χ0) is 12.6. The molecule has 1 saturated carbocycles. The highest BCUT2D eigenvalue weighted by Crippen LogP contribution is 2.41. The van der Waals surface area contributed by atoms with Gasteiger partial charge in [0, 0.05) is 31.2 Å². The Morgan fingerprint density at radius 1 is 1.12 bits per heavy atom. The molecule has 0 aromatic carbocycles. The van der Waals surface area contributed by atoms with Gasteiger partial charge in [-0.3, -0.25) is 4.90 Å². The normalized spacial score (nSPS) is 43.6. The van der Waals surface area contributed by atoms with Gasteiger partial charge in [-0.05, 0) is 44.4 Å². The lowest BCUT2D eigenvalue weighted by Gasteiger charge is -2.49. The predicted molar refractivity (Wildman–Crippen MR) is 74.2 cm³/mol. The lowest BCUT2D eigenvalue weighted by atomic mass is 9.70. The van der Waals surface area contributed by atoms with E-state index >= 15 is 0 Å². The van der Waals surface area contributed by atoms with Gasteiger partial charge in [0.1, 0.15) is 0 Å². The summed E-state index contributed by atoms with van der Waals surface area (Å²) in [7, 11) is 0. The lowest BCUT2D eigenvalue weighted by molar-refractivity contribution is 0.0225. The second-order valence-corrected chi connectivity index (χ2v) is 7.42. The van der Waals surface area contributed by atoms with E-state index < -0.39 is 0 Å². The third kappa shape index (κ3) is 3.23. The second kappa shape index (κ2) is 4.89. The number of hydrogen-bond acceptors (Lipinski definition) is 2. The molecule has 1 saturated heterocycles. The molecule has 0 amide bonds. The number of nitrogens with one attached hydrogen (secondary N) is 1. The zero-order valence-electron chi connectivity index (χ0n) is 12.3. The molecular formula is C15H30N2. The van der Waals surface area contributed by atoms with Gasteiger partial charge >= 0.3 is 0 Å². The van der Waals surface area contributed by atoms with Crippen LogP contribution in [0.25, 0.3) is 0 Å². The molecule has 17 heavy (non-hydrogen) atoms. The van der Waals surface area contributed by atoms with Crippen LogP contribution < -0.4 is 5.32 Å². The van der Waals surface area contributed by atoms with Crippen LogP contribution in [0.5, 0.6) is 0 Å². The third-order valence-electron chi connectivity index (χ3n) is 4.65. The molecule has 100 valence electrons. The van der Waals surface area contributed by atoms with Crippen molar-refractivity contribution in [2.45, 2.75) is 72.0 Å². The first-order valence-corrected chi connectivity index (χ1v) is 7.36. The molecule has 4 atom stereocenters. The largest absolute Gasteiger partial charge is 0.311 e. The van der Waals surface area contributed by atoms with E-state index in [-0.39, 0.29) is 0 Å². The van der Waals surface area contributed by atoms with Gasteiger partial charge in [-0.1, -0.05) is 20.8 Å². The smallest absolute Gasteiger partial charge is 0.0196 e. The Morgan fingerprint density at radius 2 is 1.82 bits per heavy atom. The molecule has 2 rings (SSSR count). The lowest BCUT2D eigenvalue weighted by Crippen LogP contribution is -2.59. The summed E-state index contributed by atoms with van der Waals surface area (Å²) in [6.45, 7) is 14.4. The third-order valence-corrected chi connectivity index (χ3v) is 4.65. The molecular weight excluding hydrogens is 208 g/mol. The van der Waals surface area contributed by atoms with Crippen LogP contribution in [-0.2, 0) is 0 Å². The van der Waals surface area contributed by atoms with Crippen LogP contribution in [0.2, 0.25) is 0 Å². The van der Waals surface area contributed by atoms with Crippen LogP contribution in [0.15, 0.2) is 0 Å². The Kier molecular flexibility index (Phi) is 3.84. The topological polar surface area (TPSA) is 15.3 Å². The standard InChI is InChI=1S/C15H30N2/c1-11-6-14(8-15(4,5)7-11)17-10-12(2)16-9-13(17)3/h11-14,16H,6-10H2,1-5H3. The van der Waals surface area contributed by atoms with Gasteiger partial charge in [0.15, 0.2) is 0 Å². The molecule has 1 aliphatic carbocycles. The molecule has 1 heterocycles. The highest BCUT2D eigenvalue weighted by atomic mass is 15.2. The van der Waals surface area contributed by atoms with Crippen molar-refractivity contribution in [3.63, 3.8) is 0 Å². The quantitative estimate of drug-likeness (QED) is 0.755. The first-order chi connectivity index (χ1) is 7.87. The van der Waals surface area contributed by atoms with Gasteiger partial charge in [0.25, 0.3) is 0 Å². The van der Waals surface area contributed by atoms with Gasteiger partial charge in [-0.15, -0.1) is 0 Å². The highest BCUT2D eigenvalue weighted by molar-refractivity contribution is 4.93. The fourth-order valence-corrected chi connectivity index (χ4v) is 4.11. The van der Waals surface area contributed by atoms with Crippen molar-refractivity contribution < 1.29 is 0 Å². The average molecular weight is 238 g/mol. The maximum absolute atomic E-state index is 3.59. The molecule has 4 unspecified atom stereocenters. The number of nitrogens with zero attached hydrogens (tertiary/aromatic N) is 1. The first kappa shape index (κ1) is 13.4. The Hall–Kier alpha value is -0.0800. The predicted octanol–water partition coefficient (Wildman–Crippen LogP) is 2.88. The Labute approximate surface area is 107 Å². The molecule has 1 aliphatic heterocycles. The van der Waals surface area contributed by atoms with Crippen molar-refractivity contribution >= 4 is 0 Å². The van der Waals surface area contributed by atoms with Crippen molar-refractivity contribution in [2.24, 2.45) is 11.3 Å². The number of rotatable bonds is 1. The summed E-state index contributed by atoms with van der Waals surface area (Å²) in [5.41, 5.74) is 0.538. The Morgan fingerprint density at radius 3 is 2.47 bits per heavy atom. The van der Waals surface area contributed by atoms with Gasteiger partial charge in [-0.2, -0.15) is 0 Å². The van der Waals surface area contributed by atoms with E-state index in [1.165, 1.54) is 25.8 Å². The Bertz CT molecular complexity index is 262. The number of hydrogen-bond donors (Lipinski definition) is 1. The second-order valence-electron chi connectivity index (χ2n) is 7.42. The van der Waals surface area contributed by atoms with Crippen molar-refractivity contribution in [1.29, 1.82) is 0 Å². The number of piperazine rings is 1. The van der Waals surface area contributed by atoms with E-state index in [0.717, 1.165) is 18.5 Å². The minimum Gasteiger partial charge on any atom is -0.311 e. The summed E-state index contributed by atoms with van der Waals surface area (Å²) in [5.74, 6) is 0.890. The van der Waals surface area contributed by atoms with Crippen molar-refractivity contribution in [2.75, 3.05) is 13.1 Å². The molecule has 0 aromatic rings. The molecule has 0 aromatic heterocycles. The minimum absolute atomic E-state index is 0.538. The molecule has 0 bridgehead atoms.